The van der Waals surface area contributed by atoms with Gasteiger partial charge >= 0.3 is 0 Å². The Hall–Kier alpha value is -1.82. The summed E-state index contributed by atoms with van der Waals surface area (Å²) in [6, 6.07) is 6.32. The van der Waals surface area contributed by atoms with E-state index in [9.17, 15) is 0 Å². The van der Waals surface area contributed by atoms with E-state index in [4.69, 9.17) is 5.73 Å². The van der Waals surface area contributed by atoms with Crippen molar-refractivity contribution in [3.8, 4) is 0 Å². The predicted octanol–water partition coefficient (Wildman–Crippen LogP) is 2.36. The first-order chi connectivity index (χ1) is 8.61. The Kier molecular flexibility index (Phi) is 3.66. The van der Waals surface area contributed by atoms with Crippen LogP contribution in [0.25, 0.3) is 0 Å². The van der Waals surface area contributed by atoms with Crippen molar-refractivity contribution in [1.29, 1.82) is 0 Å². The third kappa shape index (κ3) is 2.53. The first-order valence-electron chi connectivity index (χ1n) is 5.70. The molecule has 2 aromatic heterocycles. The van der Waals surface area contributed by atoms with E-state index in [2.05, 4.69) is 44.6 Å². The van der Waals surface area contributed by atoms with Gasteiger partial charge in [-0.2, -0.15) is 9.97 Å². The molecule has 6 heteroatoms. The van der Waals surface area contributed by atoms with Gasteiger partial charge in [-0.1, -0.05) is 6.07 Å². The number of hydrogen-bond acceptors (Lipinski definition) is 6. The maximum Gasteiger partial charge on any atom is 0.223 e. The van der Waals surface area contributed by atoms with Crippen LogP contribution < -0.4 is 16.0 Å². The maximum absolute atomic E-state index is 5.71. The van der Waals surface area contributed by atoms with Crippen LogP contribution in [0.1, 0.15) is 17.8 Å². The molecular formula is C12H17N5S. The Morgan fingerprint density at radius 2 is 2.22 bits per heavy atom. The van der Waals surface area contributed by atoms with Gasteiger partial charge in [0.05, 0.1) is 6.04 Å². The molecule has 2 heterocycles. The van der Waals surface area contributed by atoms with Gasteiger partial charge < -0.3 is 16.0 Å². The van der Waals surface area contributed by atoms with E-state index in [1.165, 1.54) is 4.88 Å². The molecule has 0 aliphatic carbocycles. The van der Waals surface area contributed by atoms with E-state index in [1.54, 1.807) is 11.3 Å². The smallest absolute Gasteiger partial charge is 0.223 e. The highest BCUT2D eigenvalue weighted by molar-refractivity contribution is 7.10. The lowest BCUT2D eigenvalue weighted by Crippen LogP contribution is -2.22. The minimum Gasteiger partial charge on any atom is -0.373 e. The predicted molar refractivity (Wildman–Crippen MR) is 77.1 cm³/mol. The van der Waals surface area contributed by atoms with Gasteiger partial charge in [0, 0.05) is 25.0 Å². The molecule has 0 aliphatic rings. The quantitative estimate of drug-likeness (QED) is 0.886. The molecule has 0 aromatic carbocycles. The molecule has 0 saturated carbocycles. The third-order valence-electron chi connectivity index (χ3n) is 2.88. The number of anilines is 3. The topological polar surface area (TPSA) is 67.1 Å². The third-order valence-corrected chi connectivity index (χ3v) is 3.93. The summed E-state index contributed by atoms with van der Waals surface area (Å²) in [6.07, 6.45) is 0. The summed E-state index contributed by atoms with van der Waals surface area (Å²) in [7, 11) is 3.82. The second-order valence-corrected chi connectivity index (χ2v) is 5.00. The summed E-state index contributed by atoms with van der Waals surface area (Å²) < 4.78 is 0. The molecule has 96 valence electrons. The Bertz CT molecular complexity index is 511. The summed E-state index contributed by atoms with van der Waals surface area (Å²) in [4.78, 5) is 11.7. The van der Waals surface area contributed by atoms with Crippen molar-refractivity contribution in [2.75, 3.05) is 30.0 Å². The van der Waals surface area contributed by atoms with Crippen LogP contribution in [0.15, 0.2) is 23.6 Å². The van der Waals surface area contributed by atoms with Crippen LogP contribution in [-0.2, 0) is 0 Å². The van der Waals surface area contributed by atoms with E-state index in [-0.39, 0.29) is 12.0 Å². The lowest BCUT2D eigenvalue weighted by atomic mass is 10.2. The number of nitrogens with one attached hydrogen (secondary N) is 1. The van der Waals surface area contributed by atoms with Crippen molar-refractivity contribution in [1.82, 2.24) is 9.97 Å². The van der Waals surface area contributed by atoms with Crippen LogP contribution in [-0.4, -0.2) is 24.1 Å². The number of nitrogens with zero attached hydrogens (tertiary/aromatic N) is 3. The highest BCUT2D eigenvalue weighted by atomic mass is 32.1. The molecule has 1 unspecified atom stereocenters. The van der Waals surface area contributed by atoms with Crippen molar-refractivity contribution < 1.29 is 0 Å². The average molecular weight is 263 g/mol. The number of nitrogen functional groups attached to an aromatic ring is 1. The molecule has 0 bridgehead atoms. The summed E-state index contributed by atoms with van der Waals surface area (Å²) in [5.41, 5.74) is 5.71. The standard InChI is InChI=1S/C12H17N5S/c1-8(9-5-4-6-18-9)17(3)11-7-10(14-2)15-12(13)16-11/h4-8H,1-3H3,(H3,13,14,15,16). The molecular weight excluding hydrogens is 246 g/mol. The SMILES string of the molecule is CNc1cc(N(C)C(C)c2cccs2)nc(N)n1. The fourth-order valence-corrected chi connectivity index (χ4v) is 2.51. The molecule has 5 nitrogen and oxygen atoms in total. The molecule has 0 aliphatic heterocycles. The zero-order chi connectivity index (χ0) is 13.1. The van der Waals surface area contributed by atoms with Crippen molar-refractivity contribution in [3.63, 3.8) is 0 Å². The molecule has 3 N–H and O–H groups in total. The summed E-state index contributed by atoms with van der Waals surface area (Å²) in [5.74, 6) is 1.82. The van der Waals surface area contributed by atoms with Crippen molar-refractivity contribution in [2.24, 2.45) is 0 Å². The van der Waals surface area contributed by atoms with Crippen LogP contribution >= 0.6 is 11.3 Å². The highest BCUT2D eigenvalue weighted by Gasteiger charge is 2.15. The molecule has 2 rings (SSSR count). The molecule has 18 heavy (non-hydrogen) atoms. The Labute approximate surface area is 111 Å². The first kappa shape index (κ1) is 12.6. The van der Waals surface area contributed by atoms with Crippen molar-refractivity contribution in [3.05, 3.63) is 28.5 Å². The average Bonchev–Trinajstić information content (AvgIpc) is 2.90. The Morgan fingerprint density at radius 1 is 1.44 bits per heavy atom. The van der Waals surface area contributed by atoms with Gasteiger partial charge in [0.15, 0.2) is 0 Å². The second-order valence-electron chi connectivity index (χ2n) is 4.02. The number of aromatic nitrogens is 2. The van der Waals surface area contributed by atoms with E-state index < -0.39 is 0 Å². The summed E-state index contributed by atoms with van der Waals surface area (Å²) in [6.45, 7) is 2.14. The minimum atomic E-state index is 0.254. The van der Waals surface area contributed by atoms with Crippen LogP contribution in [0.4, 0.5) is 17.6 Å². The number of thiophene rings is 1. The van der Waals surface area contributed by atoms with Gasteiger partial charge in [0.1, 0.15) is 11.6 Å². The van der Waals surface area contributed by atoms with Crippen LogP contribution in [0.2, 0.25) is 0 Å². The van der Waals surface area contributed by atoms with Gasteiger partial charge in [-0.3, -0.25) is 0 Å². The molecule has 1 atom stereocenters. The minimum absolute atomic E-state index is 0.254. The Morgan fingerprint density at radius 3 is 2.83 bits per heavy atom. The molecule has 0 saturated heterocycles. The molecule has 2 aromatic rings. The number of rotatable bonds is 4. The fraction of sp³-hybridized carbons (Fsp3) is 0.333. The number of nitrogens with two attached hydrogens (primary N) is 1. The van der Waals surface area contributed by atoms with Gasteiger partial charge in [0.2, 0.25) is 5.95 Å². The van der Waals surface area contributed by atoms with E-state index in [0.717, 1.165) is 11.6 Å². The lowest BCUT2D eigenvalue weighted by molar-refractivity contribution is 0.741. The normalized spacial score (nSPS) is 12.2. The monoisotopic (exact) mass is 263 g/mol. The number of hydrogen-bond donors (Lipinski definition) is 2. The van der Waals surface area contributed by atoms with Gasteiger partial charge in [-0.25, -0.2) is 0 Å². The largest absolute Gasteiger partial charge is 0.373 e. The van der Waals surface area contributed by atoms with E-state index >= 15 is 0 Å². The van der Waals surface area contributed by atoms with E-state index in [0.29, 0.717) is 0 Å². The zero-order valence-electron chi connectivity index (χ0n) is 10.7. The summed E-state index contributed by atoms with van der Waals surface area (Å²) >= 11 is 1.74. The van der Waals surface area contributed by atoms with Crippen LogP contribution in [0.3, 0.4) is 0 Å². The van der Waals surface area contributed by atoms with Crippen molar-refractivity contribution >= 4 is 28.9 Å². The fourth-order valence-electron chi connectivity index (χ4n) is 1.68. The Balaban J connectivity index is 2.28. The van der Waals surface area contributed by atoms with Gasteiger partial charge in [-0.15, -0.1) is 11.3 Å². The maximum atomic E-state index is 5.71. The highest BCUT2D eigenvalue weighted by Crippen LogP contribution is 2.28. The lowest BCUT2D eigenvalue weighted by Gasteiger charge is -2.25. The van der Waals surface area contributed by atoms with Gasteiger partial charge in [0.25, 0.3) is 0 Å². The first-order valence-corrected chi connectivity index (χ1v) is 6.58. The molecule has 0 spiro atoms. The second kappa shape index (κ2) is 5.22. The molecule has 0 fully saturated rings. The summed E-state index contributed by atoms with van der Waals surface area (Å²) in [5, 5.41) is 5.06. The molecule has 0 radical (unpaired) electrons. The zero-order valence-corrected chi connectivity index (χ0v) is 11.5. The van der Waals surface area contributed by atoms with Crippen molar-refractivity contribution in [2.45, 2.75) is 13.0 Å². The molecule has 0 amide bonds. The van der Waals surface area contributed by atoms with Crippen LogP contribution in [0, 0.1) is 0 Å². The van der Waals surface area contributed by atoms with Gasteiger partial charge in [-0.05, 0) is 18.4 Å². The van der Waals surface area contributed by atoms with Crippen LogP contribution in [0.5, 0.6) is 0 Å². The van der Waals surface area contributed by atoms with E-state index in [1.807, 2.05) is 20.2 Å².